The number of rotatable bonds is 13. The first-order valence-electron chi connectivity index (χ1n) is 14.9. The highest BCUT2D eigenvalue weighted by molar-refractivity contribution is 5.85. The molecule has 0 spiro atoms. The van der Waals surface area contributed by atoms with Crippen LogP contribution in [0.3, 0.4) is 0 Å². The molecule has 0 aromatic heterocycles. The molecule has 2 N–H and O–H groups in total. The molecule has 230 valence electrons. The van der Waals surface area contributed by atoms with Crippen molar-refractivity contribution >= 4 is 24.3 Å². The number of aliphatic carboxylic acids is 1. The number of hydrogen-bond acceptors (Lipinski definition) is 5. The fraction of sp³-hybridized carbons (Fsp3) is 0.429. The molecule has 1 saturated carbocycles. The number of nitrogens with one attached hydrogen (secondary N) is 1. The smallest absolute Gasteiger partial charge is 0.345 e. The lowest BCUT2D eigenvalue weighted by Gasteiger charge is -2.20. The topological polar surface area (TPSA) is 88.1 Å². The van der Waals surface area contributed by atoms with Gasteiger partial charge in [-0.25, -0.2) is 4.79 Å². The van der Waals surface area contributed by atoms with E-state index in [1.807, 2.05) is 54.6 Å². The van der Waals surface area contributed by atoms with Gasteiger partial charge in [0.2, 0.25) is 5.91 Å². The van der Waals surface area contributed by atoms with Gasteiger partial charge in [0, 0.05) is 32.5 Å². The molecular weight excluding hydrogens is 564 g/mol. The predicted octanol–water partition coefficient (Wildman–Crippen LogP) is 5.74. The summed E-state index contributed by atoms with van der Waals surface area (Å²) in [6.07, 6.45) is -0.165. The van der Waals surface area contributed by atoms with Crippen molar-refractivity contribution in [2.45, 2.75) is 51.7 Å². The summed E-state index contributed by atoms with van der Waals surface area (Å²) < 4.78 is 11.6. The van der Waals surface area contributed by atoms with Gasteiger partial charge in [-0.1, -0.05) is 75.4 Å². The maximum absolute atomic E-state index is 12.5. The van der Waals surface area contributed by atoms with Crippen molar-refractivity contribution in [1.82, 2.24) is 10.2 Å². The van der Waals surface area contributed by atoms with Crippen LogP contribution in [0.4, 0.5) is 0 Å². The molecule has 2 fully saturated rings. The van der Waals surface area contributed by atoms with Gasteiger partial charge in [0.05, 0.1) is 6.54 Å². The van der Waals surface area contributed by atoms with E-state index in [0.29, 0.717) is 48.8 Å². The fourth-order valence-electron chi connectivity index (χ4n) is 5.97. The SMILES string of the molecule is CC(C)(C)c1ccc(O[C@@H](Cc2ccc(OCCNC(=O)CC3C4CN(Cc5ccccc5)C[C@H]34)cc2)C(=O)O)cc1.Cl. The third kappa shape index (κ3) is 8.97. The van der Waals surface area contributed by atoms with Gasteiger partial charge in [0.1, 0.15) is 18.1 Å². The highest BCUT2D eigenvalue weighted by atomic mass is 35.5. The zero-order chi connectivity index (χ0) is 29.7. The van der Waals surface area contributed by atoms with Gasteiger partial charge in [0.15, 0.2) is 6.10 Å². The first kappa shape index (κ1) is 32.4. The van der Waals surface area contributed by atoms with Crippen LogP contribution < -0.4 is 14.8 Å². The molecule has 43 heavy (non-hydrogen) atoms. The molecule has 1 aliphatic heterocycles. The third-order valence-corrected chi connectivity index (χ3v) is 8.43. The number of carbonyl (C=O) groups excluding carboxylic acids is 1. The van der Waals surface area contributed by atoms with Crippen LogP contribution >= 0.6 is 12.4 Å². The Hall–Kier alpha value is -3.55. The Bertz CT molecular complexity index is 1330. The van der Waals surface area contributed by atoms with E-state index in [0.717, 1.165) is 30.8 Å². The lowest BCUT2D eigenvalue weighted by Crippen LogP contribution is -2.30. The predicted molar refractivity (Wildman–Crippen MR) is 170 cm³/mol. The summed E-state index contributed by atoms with van der Waals surface area (Å²) in [7, 11) is 0. The van der Waals surface area contributed by atoms with Crippen molar-refractivity contribution in [1.29, 1.82) is 0 Å². The van der Waals surface area contributed by atoms with Crippen LogP contribution in [0.5, 0.6) is 11.5 Å². The van der Waals surface area contributed by atoms with Crippen LogP contribution in [-0.4, -0.2) is 54.2 Å². The maximum atomic E-state index is 12.5. The van der Waals surface area contributed by atoms with Crippen molar-refractivity contribution in [3.8, 4) is 11.5 Å². The van der Waals surface area contributed by atoms with Gasteiger partial charge in [0.25, 0.3) is 0 Å². The standard InChI is InChI=1S/C35H42N2O5.ClH/c1-35(2,3)26-11-15-28(16-12-26)42-32(34(39)40)19-24-9-13-27(14-10-24)41-18-17-36-33(38)20-29-30-22-37(23-31(29)30)21-25-7-5-4-6-8-25;/h4-16,29-32H,17-23H2,1-3H3,(H,36,38)(H,39,40);1H/t29?,30-,31?,32+;/m1./s1. The van der Waals surface area contributed by atoms with E-state index in [4.69, 9.17) is 9.47 Å². The summed E-state index contributed by atoms with van der Waals surface area (Å²) in [4.78, 5) is 26.8. The van der Waals surface area contributed by atoms with Gasteiger partial charge in [-0.05, 0) is 64.1 Å². The molecule has 1 saturated heterocycles. The molecular formula is C35H43ClN2O5. The first-order chi connectivity index (χ1) is 20.2. The van der Waals surface area contributed by atoms with E-state index in [1.54, 1.807) is 0 Å². The maximum Gasteiger partial charge on any atom is 0.345 e. The molecule has 0 radical (unpaired) electrons. The van der Waals surface area contributed by atoms with Crippen LogP contribution in [0.1, 0.15) is 43.9 Å². The number of fused-ring (bicyclic) bond motifs is 1. The number of likely N-dealkylation sites (tertiary alicyclic amines) is 1. The number of piperidine rings is 1. The molecule has 4 atom stereocenters. The number of halogens is 1. The Morgan fingerprint density at radius 2 is 1.53 bits per heavy atom. The molecule has 8 heteroatoms. The summed E-state index contributed by atoms with van der Waals surface area (Å²) in [5.41, 5.74) is 3.36. The molecule has 3 aromatic rings. The van der Waals surface area contributed by atoms with Crippen LogP contribution in [0, 0.1) is 17.8 Å². The second kappa shape index (κ2) is 14.3. The van der Waals surface area contributed by atoms with Crippen LogP contribution in [0.15, 0.2) is 78.9 Å². The van der Waals surface area contributed by atoms with Crippen molar-refractivity contribution in [3.05, 3.63) is 95.6 Å². The average Bonchev–Trinajstić information content (AvgIpc) is 3.39. The van der Waals surface area contributed by atoms with Crippen molar-refractivity contribution in [2.24, 2.45) is 17.8 Å². The number of benzene rings is 3. The second-order valence-electron chi connectivity index (χ2n) is 12.6. The van der Waals surface area contributed by atoms with Gasteiger partial charge < -0.3 is 19.9 Å². The molecule has 2 aliphatic rings. The number of amides is 1. The van der Waals surface area contributed by atoms with Gasteiger partial charge in [-0.3, -0.25) is 9.69 Å². The summed E-state index contributed by atoms with van der Waals surface area (Å²) in [5.74, 6) is 2.10. The Morgan fingerprint density at radius 3 is 2.14 bits per heavy atom. The quantitative estimate of drug-likeness (QED) is 0.241. The minimum atomic E-state index is -1.01. The van der Waals surface area contributed by atoms with E-state index < -0.39 is 12.1 Å². The summed E-state index contributed by atoms with van der Waals surface area (Å²) in [5, 5.41) is 12.7. The van der Waals surface area contributed by atoms with E-state index in [1.165, 1.54) is 5.56 Å². The minimum Gasteiger partial charge on any atom is -0.492 e. The van der Waals surface area contributed by atoms with Crippen molar-refractivity contribution in [3.63, 3.8) is 0 Å². The van der Waals surface area contributed by atoms with Crippen LogP contribution in [0.2, 0.25) is 0 Å². The van der Waals surface area contributed by atoms with Crippen LogP contribution in [-0.2, 0) is 28.0 Å². The van der Waals surface area contributed by atoms with Gasteiger partial charge in [-0.2, -0.15) is 0 Å². The van der Waals surface area contributed by atoms with E-state index >= 15 is 0 Å². The zero-order valence-electron chi connectivity index (χ0n) is 25.2. The molecule has 1 amide bonds. The molecule has 0 bridgehead atoms. The Balaban J connectivity index is 0.00000423. The highest BCUT2D eigenvalue weighted by Crippen LogP contribution is 2.53. The molecule has 3 aromatic carbocycles. The Morgan fingerprint density at radius 1 is 0.907 bits per heavy atom. The fourth-order valence-corrected chi connectivity index (χ4v) is 5.97. The Labute approximate surface area is 261 Å². The summed E-state index contributed by atoms with van der Waals surface area (Å²) in [6.45, 7) is 10.4. The molecule has 7 nitrogen and oxygen atoms in total. The highest BCUT2D eigenvalue weighted by Gasteiger charge is 2.55. The lowest BCUT2D eigenvalue weighted by molar-refractivity contribution is -0.145. The molecule has 5 rings (SSSR count). The first-order valence-corrected chi connectivity index (χ1v) is 14.9. The summed E-state index contributed by atoms with van der Waals surface area (Å²) >= 11 is 0. The number of carbonyl (C=O) groups is 2. The van der Waals surface area contributed by atoms with Gasteiger partial charge in [-0.15, -0.1) is 12.4 Å². The van der Waals surface area contributed by atoms with Crippen LogP contribution in [0.25, 0.3) is 0 Å². The van der Waals surface area contributed by atoms with E-state index in [9.17, 15) is 14.7 Å². The van der Waals surface area contributed by atoms with E-state index in [-0.39, 0.29) is 30.2 Å². The lowest BCUT2D eigenvalue weighted by atomic mass is 9.87. The number of carboxylic acid groups (broad SMARTS) is 1. The number of nitrogens with zero attached hydrogens (tertiary/aromatic N) is 1. The molecule has 1 heterocycles. The largest absolute Gasteiger partial charge is 0.492 e. The molecule has 1 aliphatic carbocycles. The molecule has 2 unspecified atom stereocenters. The minimum absolute atomic E-state index is 0. The monoisotopic (exact) mass is 606 g/mol. The van der Waals surface area contributed by atoms with Gasteiger partial charge >= 0.3 is 5.97 Å². The Kier molecular flexibility index (Phi) is 10.7. The normalized spacial score (nSPS) is 19.9. The van der Waals surface area contributed by atoms with Crippen molar-refractivity contribution < 1.29 is 24.2 Å². The van der Waals surface area contributed by atoms with Crippen molar-refractivity contribution in [2.75, 3.05) is 26.2 Å². The zero-order valence-corrected chi connectivity index (χ0v) is 26.0. The second-order valence-corrected chi connectivity index (χ2v) is 12.6. The number of hydrogen-bond donors (Lipinski definition) is 2. The third-order valence-electron chi connectivity index (χ3n) is 8.43. The number of ether oxygens (including phenoxy) is 2. The number of carboxylic acids is 1. The summed E-state index contributed by atoms with van der Waals surface area (Å²) in [6, 6.07) is 25.5. The van der Waals surface area contributed by atoms with E-state index in [2.05, 4.69) is 55.3 Å². The average molecular weight is 607 g/mol.